The molecule has 1 fully saturated rings. The van der Waals surface area contributed by atoms with Gasteiger partial charge in [0.2, 0.25) is 5.91 Å². The highest BCUT2D eigenvalue weighted by Gasteiger charge is 2.25. The van der Waals surface area contributed by atoms with Crippen molar-refractivity contribution in [2.24, 2.45) is 0 Å². The summed E-state index contributed by atoms with van der Waals surface area (Å²) in [7, 11) is -1.68. The Labute approximate surface area is 262 Å². The second-order valence-electron chi connectivity index (χ2n) is 11.7. The number of H-pyrrole nitrogens is 1. The van der Waals surface area contributed by atoms with E-state index in [-0.39, 0.29) is 17.7 Å². The van der Waals surface area contributed by atoms with Crippen molar-refractivity contribution in [1.82, 2.24) is 15.3 Å². The van der Waals surface area contributed by atoms with Gasteiger partial charge in [0.1, 0.15) is 5.65 Å². The normalized spacial score (nSPS) is 15.4. The molecule has 0 aliphatic carbocycles. The number of hydrogen-bond acceptors (Lipinski definition) is 5. The Bertz CT molecular complexity index is 2100. The predicted octanol–water partition coefficient (Wildman–Crippen LogP) is 7.13. The van der Waals surface area contributed by atoms with Crippen molar-refractivity contribution in [2.75, 3.05) is 18.5 Å². The van der Waals surface area contributed by atoms with Gasteiger partial charge in [-0.1, -0.05) is 73.2 Å². The Kier molecular flexibility index (Phi) is 7.69. The molecule has 1 aliphatic heterocycles. The molecule has 226 valence electrons. The van der Waals surface area contributed by atoms with E-state index in [1.165, 1.54) is 0 Å². The van der Waals surface area contributed by atoms with Crippen LogP contribution in [0.3, 0.4) is 0 Å². The molecule has 45 heavy (non-hydrogen) atoms. The van der Waals surface area contributed by atoms with Gasteiger partial charge in [0.25, 0.3) is 0 Å². The molecule has 7 rings (SSSR count). The fraction of sp³-hybridized carbons (Fsp3) is 0.189. The van der Waals surface area contributed by atoms with Crippen molar-refractivity contribution in [3.63, 3.8) is 0 Å². The van der Waals surface area contributed by atoms with Crippen molar-refractivity contribution in [2.45, 2.75) is 36.0 Å². The number of aromatic nitrogens is 2. The van der Waals surface area contributed by atoms with E-state index in [4.69, 9.17) is 4.98 Å². The minimum atomic E-state index is -3.51. The molecule has 1 atom stereocenters. The van der Waals surface area contributed by atoms with Gasteiger partial charge in [-0.15, -0.1) is 0 Å². The van der Waals surface area contributed by atoms with Gasteiger partial charge in [-0.25, -0.2) is 13.4 Å². The van der Waals surface area contributed by atoms with Crippen molar-refractivity contribution in [3.05, 3.63) is 115 Å². The lowest BCUT2D eigenvalue weighted by Crippen LogP contribution is -2.47. The largest absolute Gasteiger partial charge is 0.339 e. The lowest BCUT2D eigenvalue weighted by Gasteiger charge is -2.27. The standard InChI is InChI=1S/C37H34N4O3S/c1-41(37(42)33-14-8-9-21-38-33)28-18-16-26(17-19-28)31-23-39-36-35(34(31)27-10-4-2-5-11-27)30-22-25(15-20-32(30)40-36)24-45(43,44)29-12-6-3-7-13-29/h2-7,10-13,15-20,22-23,33,38H,8-9,14,21,24H2,1H3,(H,39,40)/t33-/m1/s1. The van der Waals surface area contributed by atoms with E-state index in [1.807, 2.05) is 80.0 Å². The van der Waals surface area contributed by atoms with Crippen LogP contribution in [-0.2, 0) is 20.4 Å². The Balaban J connectivity index is 1.31. The molecule has 2 N–H and O–H groups in total. The first-order valence-corrected chi connectivity index (χ1v) is 16.9. The number of sulfone groups is 1. The number of pyridine rings is 1. The second kappa shape index (κ2) is 12.0. The van der Waals surface area contributed by atoms with Gasteiger partial charge in [0.15, 0.2) is 9.84 Å². The Morgan fingerprint density at radius 2 is 1.62 bits per heavy atom. The average Bonchev–Trinajstić information content (AvgIpc) is 3.46. The van der Waals surface area contributed by atoms with Gasteiger partial charge in [0.05, 0.1) is 16.7 Å². The molecule has 0 unspecified atom stereocenters. The lowest BCUT2D eigenvalue weighted by molar-refractivity contribution is -0.120. The summed E-state index contributed by atoms with van der Waals surface area (Å²) in [6.45, 7) is 0.874. The summed E-state index contributed by atoms with van der Waals surface area (Å²) in [6.07, 6.45) is 4.91. The lowest BCUT2D eigenvalue weighted by atomic mass is 9.92. The monoisotopic (exact) mass is 614 g/mol. The molecule has 0 saturated carbocycles. The van der Waals surface area contributed by atoms with Crippen LogP contribution in [0, 0.1) is 0 Å². The van der Waals surface area contributed by atoms with Gasteiger partial charge in [-0.05, 0) is 72.5 Å². The maximum atomic E-state index is 13.2. The third-order valence-electron chi connectivity index (χ3n) is 8.71. The predicted molar refractivity (Wildman–Crippen MR) is 181 cm³/mol. The Morgan fingerprint density at radius 1 is 0.889 bits per heavy atom. The van der Waals surface area contributed by atoms with Gasteiger partial charge in [0, 0.05) is 46.3 Å². The number of benzene rings is 4. The average molecular weight is 615 g/mol. The highest BCUT2D eigenvalue weighted by molar-refractivity contribution is 7.90. The Hall–Kier alpha value is -4.79. The number of carbonyl (C=O) groups excluding carboxylic acids is 1. The Morgan fingerprint density at radius 3 is 2.33 bits per heavy atom. The summed E-state index contributed by atoms with van der Waals surface area (Å²) in [4.78, 5) is 23.5. The summed E-state index contributed by atoms with van der Waals surface area (Å²) < 4.78 is 26.5. The van der Waals surface area contributed by atoms with Crippen LogP contribution in [-0.4, -0.2) is 43.9 Å². The maximum Gasteiger partial charge on any atom is 0.243 e. The van der Waals surface area contributed by atoms with E-state index in [1.54, 1.807) is 29.2 Å². The van der Waals surface area contributed by atoms with Gasteiger partial charge >= 0.3 is 0 Å². The number of nitrogens with zero attached hydrogens (tertiary/aromatic N) is 2. The first kappa shape index (κ1) is 29.0. The molecule has 1 saturated heterocycles. The van der Waals surface area contributed by atoms with Crippen molar-refractivity contribution < 1.29 is 13.2 Å². The van der Waals surface area contributed by atoms with Crippen LogP contribution in [0.5, 0.6) is 0 Å². The van der Waals surface area contributed by atoms with Crippen LogP contribution in [0.4, 0.5) is 5.69 Å². The SMILES string of the molecule is CN(C(=O)[C@H]1CCCCN1)c1ccc(-c2cnc3[nH]c4ccc(CS(=O)(=O)c5ccccc5)cc4c3c2-c2ccccc2)cc1. The minimum Gasteiger partial charge on any atom is -0.339 e. The number of aromatic amines is 1. The number of hydrogen-bond donors (Lipinski definition) is 2. The molecule has 1 aliphatic rings. The molecule has 2 aromatic heterocycles. The first-order chi connectivity index (χ1) is 21.9. The van der Waals surface area contributed by atoms with Crippen LogP contribution in [0.25, 0.3) is 44.2 Å². The zero-order valence-corrected chi connectivity index (χ0v) is 25.8. The summed E-state index contributed by atoms with van der Waals surface area (Å²) >= 11 is 0. The van der Waals surface area contributed by atoms with Crippen molar-refractivity contribution >= 4 is 43.4 Å². The molecule has 8 heteroatoms. The smallest absolute Gasteiger partial charge is 0.243 e. The third-order valence-corrected chi connectivity index (χ3v) is 10.4. The van der Waals surface area contributed by atoms with Gasteiger partial charge < -0.3 is 15.2 Å². The molecule has 3 heterocycles. The van der Waals surface area contributed by atoms with E-state index in [0.29, 0.717) is 10.5 Å². The molecule has 0 spiro atoms. The summed E-state index contributed by atoms with van der Waals surface area (Å²) in [6, 6.07) is 32.4. The van der Waals surface area contributed by atoms with E-state index in [0.717, 1.165) is 75.7 Å². The molecule has 0 radical (unpaired) electrons. The van der Waals surface area contributed by atoms with Crippen LogP contribution in [0.15, 0.2) is 114 Å². The molecule has 6 aromatic rings. The quantitative estimate of drug-likeness (QED) is 0.200. The number of piperidine rings is 1. The summed E-state index contributed by atoms with van der Waals surface area (Å²) in [5.41, 5.74) is 7.13. The topological polar surface area (TPSA) is 95.2 Å². The van der Waals surface area contributed by atoms with Gasteiger partial charge in [-0.2, -0.15) is 0 Å². The fourth-order valence-corrected chi connectivity index (χ4v) is 7.69. The zero-order valence-electron chi connectivity index (χ0n) is 25.0. The number of nitrogens with one attached hydrogen (secondary N) is 2. The number of amides is 1. The minimum absolute atomic E-state index is 0.0828. The molecular weight excluding hydrogens is 580 g/mol. The first-order valence-electron chi connectivity index (χ1n) is 15.3. The number of fused-ring (bicyclic) bond motifs is 3. The van der Waals surface area contributed by atoms with E-state index in [2.05, 4.69) is 22.4 Å². The molecular formula is C37H34N4O3S. The van der Waals surface area contributed by atoms with E-state index in [9.17, 15) is 13.2 Å². The highest BCUT2D eigenvalue weighted by atomic mass is 32.2. The van der Waals surface area contributed by atoms with Crippen molar-refractivity contribution in [3.8, 4) is 22.3 Å². The van der Waals surface area contributed by atoms with Crippen LogP contribution >= 0.6 is 0 Å². The second-order valence-corrected chi connectivity index (χ2v) is 13.6. The molecule has 0 bridgehead atoms. The third kappa shape index (κ3) is 5.63. The zero-order chi connectivity index (χ0) is 31.0. The summed E-state index contributed by atoms with van der Waals surface area (Å²) in [5.74, 6) is -0.0169. The van der Waals surface area contributed by atoms with Crippen LogP contribution < -0.4 is 10.2 Å². The summed E-state index contributed by atoms with van der Waals surface area (Å²) in [5, 5.41) is 5.21. The molecule has 4 aromatic carbocycles. The molecule has 1 amide bonds. The maximum absolute atomic E-state index is 13.2. The fourth-order valence-electron chi connectivity index (χ4n) is 6.34. The van der Waals surface area contributed by atoms with Crippen molar-refractivity contribution in [1.29, 1.82) is 0 Å². The van der Waals surface area contributed by atoms with Gasteiger partial charge in [-0.3, -0.25) is 4.79 Å². The number of rotatable bonds is 7. The van der Waals surface area contributed by atoms with Crippen LogP contribution in [0.1, 0.15) is 24.8 Å². The van der Waals surface area contributed by atoms with Crippen LogP contribution in [0.2, 0.25) is 0 Å². The number of anilines is 1. The van der Waals surface area contributed by atoms with E-state index < -0.39 is 9.84 Å². The number of likely N-dealkylation sites (N-methyl/N-ethyl adjacent to an activating group) is 1. The molecule has 7 nitrogen and oxygen atoms in total. The van der Waals surface area contributed by atoms with E-state index >= 15 is 0 Å². The number of carbonyl (C=O) groups is 1. The highest BCUT2D eigenvalue weighted by Crippen LogP contribution is 2.41.